The van der Waals surface area contributed by atoms with Gasteiger partial charge in [0.15, 0.2) is 5.84 Å². The van der Waals surface area contributed by atoms with Gasteiger partial charge < -0.3 is 15.1 Å². The summed E-state index contributed by atoms with van der Waals surface area (Å²) in [5.41, 5.74) is 10.1. The van der Waals surface area contributed by atoms with E-state index in [1.165, 1.54) is 33.1 Å². The van der Waals surface area contributed by atoms with E-state index in [2.05, 4.69) is 161 Å². The molecule has 6 nitrogen and oxygen atoms in total. The van der Waals surface area contributed by atoms with E-state index in [1.54, 1.807) is 0 Å². The normalized spacial score (nSPS) is 16.5. The van der Waals surface area contributed by atoms with Crippen molar-refractivity contribution in [2.24, 2.45) is 9.98 Å². The number of rotatable bonds is 6. The molecule has 0 fully saturated rings. The van der Waals surface area contributed by atoms with Crippen molar-refractivity contribution < 1.29 is 0 Å². The van der Waals surface area contributed by atoms with Gasteiger partial charge in [-0.2, -0.15) is 0 Å². The van der Waals surface area contributed by atoms with Gasteiger partial charge in [0.05, 0.1) is 11.4 Å². The molecule has 0 amide bonds. The number of nitrogens with zero attached hydrogens (tertiary/aromatic N) is 5. The Hall–Kier alpha value is -7.05. The predicted molar refractivity (Wildman–Crippen MR) is 223 cm³/mol. The van der Waals surface area contributed by atoms with Crippen LogP contribution in [0.4, 0.5) is 17.1 Å². The van der Waals surface area contributed by atoms with Crippen LogP contribution in [0, 0.1) is 0 Å². The zero-order valence-electron chi connectivity index (χ0n) is 29.7. The summed E-state index contributed by atoms with van der Waals surface area (Å²) in [6, 6.07) is 59.8. The van der Waals surface area contributed by atoms with E-state index in [1.807, 2.05) is 48.8 Å². The first-order valence-electron chi connectivity index (χ1n) is 18.3. The number of anilines is 3. The summed E-state index contributed by atoms with van der Waals surface area (Å²) in [5.74, 6) is 1.53. The second-order valence-corrected chi connectivity index (χ2v) is 13.8. The van der Waals surface area contributed by atoms with Crippen LogP contribution in [-0.4, -0.2) is 23.7 Å². The third kappa shape index (κ3) is 5.39. The fraction of sp³-hybridized carbons (Fsp3) is 0.0625. The molecule has 1 N–H and O–H groups in total. The van der Waals surface area contributed by atoms with Gasteiger partial charge >= 0.3 is 0 Å². The molecule has 3 heterocycles. The molecule has 258 valence electrons. The van der Waals surface area contributed by atoms with Gasteiger partial charge in [0.2, 0.25) is 0 Å². The zero-order chi connectivity index (χ0) is 36.0. The van der Waals surface area contributed by atoms with E-state index in [4.69, 9.17) is 9.98 Å². The van der Waals surface area contributed by atoms with Gasteiger partial charge in [0.1, 0.15) is 18.2 Å². The van der Waals surface area contributed by atoms with Crippen molar-refractivity contribution in [1.82, 2.24) is 10.3 Å². The smallest absolute Gasteiger partial charge is 0.159 e. The van der Waals surface area contributed by atoms with Crippen LogP contribution in [0.15, 0.2) is 192 Å². The topological polar surface area (TPSA) is 56.1 Å². The highest BCUT2D eigenvalue weighted by Crippen LogP contribution is 2.55. The van der Waals surface area contributed by atoms with E-state index in [9.17, 15) is 0 Å². The molecule has 54 heavy (non-hydrogen) atoms. The Morgan fingerprint density at radius 3 is 1.81 bits per heavy atom. The lowest BCUT2D eigenvalue weighted by molar-refractivity contribution is 0.674. The number of para-hydroxylation sites is 1. The Balaban J connectivity index is 1.00. The van der Waals surface area contributed by atoms with E-state index in [0.29, 0.717) is 5.84 Å². The molecule has 0 saturated carbocycles. The number of aliphatic imine (C=N–C) groups is 2. The van der Waals surface area contributed by atoms with Crippen LogP contribution < -0.4 is 15.1 Å². The number of hydrogen-bond donors (Lipinski definition) is 1. The van der Waals surface area contributed by atoms with E-state index >= 15 is 0 Å². The highest BCUT2D eigenvalue weighted by Gasteiger charge is 2.39. The molecule has 0 bridgehead atoms. The van der Waals surface area contributed by atoms with Crippen LogP contribution in [0.25, 0.3) is 32.7 Å². The molecular weight excluding hydrogens is 661 g/mol. The monoisotopic (exact) mass is 696 g/mol. The molecule has 6 heteroatoms. The van der Waals surface area contributed by atoms with Gasteiger partial charge in [-0.1, -0.05) is 152 Å². The second-order valence-electron chi connectivity index (χ2n) is 13.8. The van der Waals surface area contributed by atoms with Crippen molar-refractivity contribution in [2.75, 3.05) is 16.8 Å². The lowest BCUT2D eigenvalue weighted by atomic mass is 9.99. The summed E-state index contributed by atoms with van der Waals surface area (Å²) < 4.78 is 0. The molecule has 7 aromatic carbocycles. The van der Waals surface area contributed by atoms with Crippen LogP contribution in [0.5, 0.6) is 0 Å². The van der Waals surface area contributed by atoms with Crippen molar-refractivity contribution in [3.63, 3.8) is 0 Å². The Morgan fingerprint density at radius 1 is 0.500 bits per heavy atom. The average Bonchev–Trinajstić information content (AvgIpc) is 3.57. The Labute approximate surface area is 314 Å². The SMILES string of the molecule is CN1c2c(c3ccccc3c3ccncc23)N(c2ccccc2)C1c1ccc(-c2ccc(C3=NC(c4ccccc4)NC(c4ccccc4)=N3)cc2)cc1. The fourth-order valence-electron chi connectivity index (χ4n) is 8.03. The fourth-order valence-corrected chi connectivity index (χ4v) is 8.03. The van der Waals surface area contributed by atoms with Crippen LogP contribution in [-0.2, 0) is 0 Å². The summed E-state index contributed by atoms with van der Waals surface area (Å²) in [4.78, 5) is 19.5. The lowest BCUT2D eigenvalue weighted by Crippen LogP contribution is -2.33. The Kier molecular flexibility index (Phi) is 7.73. The van der Waals surface area contributed by atoms with Crippen molar-refractivity contribution in [1.29, 1.82) is 0 Å². The number of amidine groups is 2. The van der Waals surface area contributed by atoms with Crippen molar-refractivity contribution in [3.8, 4) is 11.1 Å². The van der Waals surface area contributed by atoms with Gasteiger partial charge in [-0.05, 0) is 51.2 Å². The van der Waals surface area contributed by atoms with Crippen LogP contribution in [0.1, 0.15) is 34.6 Å². The van der Waals surface area contributed by atoms with Crippen molar-refractivity contribution >= 4 is 50.3 Å². The minimum Gasteiger partial charge on any atom is -0.348 e. The molecule has 2 atom stereocenters. The van der Waals surface area contributed by atoms with E-state index < -0.39 is 0 Å². The minimum atomic E-state index is -0.233. The highest BCUT2D eigenvalue weighted by atomic mass is 15.4. The summed E-state index contributed by atoms with van der Waals surface area (Å²) in [7, 11) is 2.21. The first-order chi connectivity index (χ1) is 26.7. The Morgan fingerprint density at radius 2 is 1.09 bits per heavy atom. The van der Waals surface area contributed by atoms with Crippen molar-refractivity contribution in [2.45, 2.75) is 12.3 Å². The zero-order valence-corrected chi connectivity index (χ0v) is 29.7. The molecule has 8 aromatic rings. The molecule has 0 aliphatic carbocycles. The summed E-state index contributed by atoms with van der Waals surface area (Å²) >= 11 is 0. The number of pyridine rings is 1. The number of aromatic nitrogens is 1. The van der Waals surface area contributed by atoms with Crippen LogP contribution in [0.2, 0.25) is 0 Å². The molecular formula is C48H36N6. The molecule has 2 aliphatic heterocycles. The third-order valence-electron chi connectivity index (χ3n) is 10.6. The van der Waals surface area contributed by atoms with Crippen LogP contribution >= 0.6 is 0 Å². The molecule has 1 aromatic heterocycles. The number of benzene rings is 7. The Bertz CT molecular complexity index is 2690. The second kappa shape index (κ2) is 13.2. The summed E-state index contributed by atoms with van der Waals surface area (Å²) in [6.07, 6.45) is 3.62. The predicted octanol–water partition coefficient (Wildman–Crippen LogP) is 10.8. The largest absolute Gasteiger partial charge is 0.348 e. The average molecular weight is 697 g/mol. The maximum Gasteiger partial charge on any atom is 0.159 e. The molecule has 2 aliphatic rings. The van der Waals surface area contributed by atoms with Crippen LogP contribution in [0.3, 0.4) is 0 Å². The number of hydrogen-bond acceptors (Lipinski definition) is 6. The van der Waals surface area contributed by atoms with Crippen molar-refractivity contribution in [3.05, 3.63) is 205 Å². The van der Waals surface area contributed by atoms with E-state index in [-0.39, 0.29) is 12.3 Å². The quantitative estimate of drug-likeness (QED) is 0.176. The maximum atomic E-state index is 5.06. The van der Waals surface area contributed by atoms with Gasteiger partial charge in [0, 0.05) is 47.0 Å². The summed E-state index contributed by atoms with van der Waals surface area (Å²) in [6.45, 7) is 0. The third-order valence-corrected chi connectivity index (χ3v) is 10.6. The van der Waals surface area contributed by atoms with Gasteiger partial charge in [-0.3, -0.25) is 4.98 Å². The first kappa shape index (κ1) is 31.7. The number of fused-ring (bicyclic) bond motifs is 6. The number of nitrogens with one attached hydrogen (secondary N) is 1. The molecule has 0 saturated heterocycles. The first-order valence-corrected chi connectivity index (χ1v) is 18.3. The molecule has 10 rings (SSSR count). The van der Waals surface area contributed by atoms with Gasteiger partial charge in [-0.25, -0.2) is 9.98 Å². The lowest BCUT2D eigenvalue weighted by Gasteiger charge is -2.31. The highest BCUT2D eigenvalue weighted by molar-refractivity contribution is 6.22. The maximum absolute atomic E-state index is 5.06. The molecule has 0 radical (unpaired) electrons. The van der Waals surface area contributed by atoms with Gasteiger partial charge in [-0.15, -0.1) is 0 Å². The molecule has 0 spiro atoms. The van der Waals surface area contributed by atoms with E-state index in [0.717, 1.165) is 44.7 Å². The minimum absolute atomic E-state index is 0.0554. The standard InChI is InChI=1S/C48H36N6/c1-53-43-42-31-49-30-29-40(42)39-19-11-12-20-41(39)44(43)54(38-17-9-4-10-18-38)48(53)37-27-23-33(24-28-37)32-21-25-36(26-22-32)47-51-45(34-13-5-2-6-14-34)50-46(52-47)35-15-7-3-8-16-35/h2-31,45,48H,1H3,(H,50,51,52). The summed E-state index contributed by atoms with van der Waals surface area (Å²) in [5, 5.41) is 8.38. The van der Waals surface area contributed by atoms with Gasteiger partial charge in [0.25, 0.3) is 0 Å². The molecule has 2 unspecified atom stereocenters.